The highest BCUT2D eigenvalue weighted by atomic mass is 79.9. The zero-order valence-electron chi connectivity index (χ0n) is 12.7. The van der Waals surface area contributed by atoms with Crippen LogP contribution in [0.15, 0.2) is 53.3 Å². The van der Waals surface area contributed by atoms with Crippen molar-refractivity contribution < 1.29 is 4.79 Å². The van der Waals surface area contributed by atoms with Gasteiger partial charge >= 0.3 is 0 Å². The largest absolute Gasteiger partial charge is 0.350 e. The highest BCUT2D eigenvalue weighted by Crippen LogP contribution is 2.15. The van der Waals surface area contributed by atoms with Crippen molar-refractivity contribution in [1.82, 2.24) is 14.7 Å². The Labute approximate surface area is 157 Å². The van der Waals surface area contributed by atoms with Crippen molar-refractivity contribution in [2.75, 3.05) is 5.75 Å². The van der Waals surface area contributed by atoms with Gasteiger partial charge in [0.15, 0.2) is 0 Å². The first-order chi connectivity index (χ1) is 11.6. The molecule has 4 nitrogen and oxygen atoms in total. The molecule has 1 aromatic carbocycles. The van der Waals surface area contributed by atoms with Crippen LogP contribution in [0.4, 0.5) is 0 Å². The molecule has 3 aromatic rings. The molecule has 1 N–H and O–H groups in total. The number of rotatable bonds is 6. The van der Waals surface area contributed by atoms with Gasteiger partial charge in [0.1, 0.15) is 5.65 Å². The Hall–Kier alpha value is -1.50. The number of pyridine rings is 1. The zero-order chi connectivity index (χ0) is 16.9. The van der Waals surface area contributed by atoms with E-state index in [1.165, 1.54) is 0 Å². The van der Waals surface area contributed by atoms with E-state index in [1.807, 2.05) is 53.2 Å². The predicted molar refractivity (Wildman–Crippen MR) is 102 cm³/mol. The summed E-state index contributed by atoms with van der Waals surface area (Å²) in [5.41, 5.74) is 2.85. The summed E-state index contributed by atoms with van der Waals surface area (Å²) < 4.78 is 2.92. The zero-order valence-corrected chi connectivity index (χ0v) is 15.9. The smallest absolute Gasteiger partial charge is 0.230 e. The lowest BCUT2D eigenvalue weighted by molar-refractivity contribution is -0.118. The fraction of sp³-hybridized carbons (Fsp3) is 0.176. The topological polar surface area (TPSA) is 46.4 Å². The molecule has 0 aliphatic rings. The van der Waals surface area contributed by atoms with Gasteiger partial charge in [0.05, 0.1) is 18.0 Å². The summed E-state index contributed by atoms with van der Waals surface area (Å²) in [5.74, 6) is 1.21. The molecule has 0 saturated carbocycles. The van der Waals surface area contributed by atoms with Crippen molar-refractivity contribution in [3.63, 3.8) is 0 Å². The van der Waals surface area contributed by atoms with Crippen molar-refractivity contribution >= 4 is 50.8 Å². The molecular formula is C17H15BrClN3OS. The van der Waals surface area contributed by atoms with Gasteiger partial charge in [-0.1, -0.05) is 23.7 Å². The van der Waals surface area contributed by atoms with Crippen LogP contribution in [0.25, 0.3) is 5.65 Å². The number of hydrogen-bond acceptors (Lipinski definition) is 3. The van der Waals surface area contributed by atoms with E-state index >= 15 is 0 Å². The molecule has 3 rings (SSSR count). The van der Waals surface area contributed by atoms with Crippen LogP contribution < -0.4 is 5.32 Å². The molecule has 0 fully saturated rings. The Morgan fingerprint density at radius 3 is 2.79 bits per heavy atom. The van der Waals surface area contributed by atoms with Crippen molar-refractivity contribution in [2.24, 2.45) is 0 Å². The molecule has 0 bridgehead atoms. The SMILES string of the molecule is O=C(CSCc1ccc(Cl)cc1)NCc1cn2cc(Br)ccc2n1. The average molecular weight is 425 g/mol. The van der Waals surface area contributed by atoms with Gasteiger partial charge in [-0.05, 0) is 45.8 Å². The highest BCUT2D eigenvalue weighted by molar-refractivity contribution is 9.10. The van der Waals surface area contributed by atoms with Crippen LogP contribution in [0.5, 0.6) is 0 Å². The van der Waals surface area contributed by atoms with Gasteiger partial charge in [0.2, 0.25) is 5.91 Å². The van der Waals surface area contributed by atoms with E-state index in [4.69, 9.17) is 11.6 Å². The second-order valence-corrected chi connectivity index (χ2v) is 7.58. The maximum absolute atomic E-state index is 11.9. The van der Waals surface area contributed by atoms with Gasteiger partial charge in [-0.2, -0.15) is 0 Å². The van der Waals surface area contributed by atoms with E-state index in [-0.39, 0.29) is 5.91 Å². The number of carbonyl (C=O) groups is 1. The molecular weight excluding hydrogens is 410 g/mol. The van der Waals surface area contributed by atoms with Crippen LogP contribution in [0.2, 0.25) is 5.02 Å². The lowest BCUT2D eigenvalue weighted by Crippen LogP contribution is -2.24. The molecule has 0 radical (unpaired) electrons. The molecule has 7 heteroatoms. The van der Waals surface area contributed by atoms with Crippen LogP contribution in [0, 0.1) is 0 Å². The van der Waals surface area contributed by atoms with Crippen LogP contribution in [0.1, 0.15) is 11.3 Å². The number of nitrogens with zero attached hydrogens (tertiary/aromatic N) is 2. The summed E-state index contributed by atoms with van der Waals surface area (Å²) in [6, 6.07) is 11.5. The molecule has 1 amide bonds. The van der Waals surface area contributed by atoms with Gasteiger partial charge in [0, 0.05) is 27.6 Å². The predicted octanol–water partition coefficient (Wildman–Crippen LogP) is 4.30. The molecule has 2 aromatic heterocycles. The first-order valence-electron chi connectivity index (χ1n) is 7.32. The first kappa shape index (κ1) is 17.3. The molecule has 124 valence electrons. The first-order valence-corrected chi connectivity index (χ1v) is 9.65. The number of hydrogen-bond donors (Lipinski definition) is 1. The summed E-state index contributed by atoms with van der Waals surface area (Å²) in [6.07, 6.45) is 3.86. The maximum Gasteiger partial charge on any atom is 0.230 e. The Morgan fingerprint density at radius 2 is 2.00 bits per heavy atom. The van der Waals surface area contributed by atoms with Gasteiger partial charge in [-0.3, -0.25) is 4.79 Å². The number of amides is 1. The monoisotopic (exact) mass is 423 g/mol. The number of fused-ring (bicyclic) bond motifs is 1. The minimum absolute atomic E-state index is 0.00667. The van der Waals surface area contributed by atoms with Crippen molar-refractivity contribution in [3.8, 4) is 0 Å². The molecule has 0 spiro atoms. The summed E-state index contributed by atoms with van der Waals surface area (Å²) in [4.78, 5) is 16.4. The van der Waals surface area contributed by atoms with Crippen LogP contribution >= 0.6 is 39.3 Å². The second-order valence-electron chi connectivity index (χ2n) is 5.24. The average Bonchev–Trinajstić information content (AvgIpc) is 2.97. The molecule has 24 heavy (non-hydrogen) atoms. The van der Waals surface area contributed by atoms with E-state index in [1.54, 1.807) is 11.8 Å². The number of aromatic nitrogens is 2. The number of thioether (sulfide) groups is 1. The molecule has 0 aliphatic heterocycles. The number of benzene rings is 1. The van der Waals surface area contributed by atoms with Crippen molar-refractivity contribution in [2.45, 2.75) is 12.3 Å². The van der Waals surface area contributed by atoms with Crippen molar-refractivity contribution in [1.29, 1.82) is 0 Å². The summed E-state index contributed by atoms with van der Waals surface area (Å²) >= 11 is 10.9. The molecule has 0 saturated heterocycles. The van der Waals surface area contributed by atoms with E-state index < -0.39 is 0 Å². The molecule has 2 heterocycles. The van der Waals surface area contributed by atoms with Gasteiger partial charge in [-0.25, -0.2) is 4.98 Å². The Bertz CT molecular complexity index is 851. The van der Waals surface area contributed by atoms with Crippen molar-refractivity contribution in [3.05, 3.63) is 69.5 Å². The number of nitrogens with one attached hydrogen (secondary N) is 1. The number of imidazole rings is 1. The molecule has 0 atom stereocenters. The third-order valence-electron chi connectivity index (χ3n) is 3.35. The van der Waals surface area contributed by atoms with Crippen LogP contribution in [0.3, 0.4) is 0 Å². The minimum Gasteiger partial charge on any atom is -0.350 e. The highest BCUT2D eigenvalue weighted by Gasteiger charge is 2.05. The van der Waals surface area contributed by atoms with Gasteiger partial charge in [-0.15, -0.1) is 11.8 Å². The maximum atomic E-state index is 11.9. The number of halogens is 2. The van der Waals surface area contributed by atoms with E-state index in [2.05, 4.69) is 26.2 Å². The summed E-state index contributed by atoms with van der Waals surface area (Å²) in [5, 5.41) is 3.62. The lowest BCUT2D eigenvalue weighted by atomic mass is 10.2. The third kappa shape index (κ3) is 4.75. The molecule has 0 unspecified atom stereocenters. The fourth-order valence-electron chi connectivity index (χ4n) is 2.18. The summed E-state index contributed by atoms with van der Waals surface area (Å²) in [6.45, 7) is 0.430. The lowest BCUT2D eigenvalue weighted by Gasteiger charge is -2.04. The van der Waals surface area contributed by atoms with E-state index in [0.717, 1.165) is 32.2 Å². The second kappa shape index (κ2) is 8.05. The minimum atomic E-state index is 0.00667. The van der Waals surface area contributed by atoms with Gasteiger partial charge in [0.25, 0.3) is 0 Å². The van der Waals surface area contributed by atoms with Crippen LogP contribution in [-0.2, 0) is 17.1 Å². The quantitative estimate of drug-likeness (QED) is 0.642. The van der Waals surface area contributed by atoms with Crippen LogP contribution in [-0.4, -0.2) is 21.0 Å². The normalized spacial score (nSPS) is 10.9. The Kier molecular flexibility index (Phi) is 5.81. The van der Waals surface area contributed by atoms with E-state index in [0.29, 0.717) is 12.3 Å². The number of carbonyl (C=O) groups excluding carboxylic acids is 1. The van der Waals surface area contributed by atoms with Gasteiger partial charge < -0.3 is 9.72 Å². The fourth-order valence-corrected chi connectivity index (χ4v) is 3.48. The standard InChI is InChI=1S/C17H15BrClN3OS/c18-13-3-6-16-21-15(9-22(16)8-13)7-20-17(23)11-24-10-12-1-4-14(19)5-2-12/h1-6,8-9H,7,10-11H2,(H,20,23). The van der Waals surface area contributed by atoms with E-state index in [9.17, 15) is 4.79 Å². The Morgan fingerprint density at radius 1 is 1.21 bits per heavy atom. The summed E-state index contributed by atoms with van der Waals surface area (Å²) in [7, 11) is 0. The third-order valence-corrected chi connectivity index (χ3v) is 5.07. The Balaban J connectivity index is 1.45. The molecule has 0 aliphatic carbocycles.